The lowest BCUT2D eigenvalue weighted by Crippen LogP contribution is -2.40. The summed E-state index contributed by atoms with van der Waals surface area (Å²) in [4.78, 5) is 37.6. The van der Waals surface area contributed by atoms with E-state index in [1.165, 1.54) is 308 Å². The molecule has 0 amide bonds. The van der Waals surface area contributed by atoms with E-state index < -0.39 is 18.4 Å². The summed E-state index contributed by atoms with van der Waals surface area (Å²) in [6.45, 7) is 4.97. The maximum absolute atomic E-state index is 12.9. The van der Waals surface area contributed by atoms with Gasteiger partial charge in [-0.05, 0) is 12.8 Å². The van der Waals surface area contributed by atoms with Crippen LogP contribution in [0.1, 0.15) is 373 Å². The van der Waals surface area contributed by atoms with E-state index in [0.29, 0.717) is 17.4 Å². The van der Waals surface area contributed by atoms with Crippen LogP contribution in [0, 0.1) is 0 Å². The van der Waals surface area contributed by atoms with E-state index in [-0.39, 0.29) is 38.2 Å². The average Bonchev–Trinajstić information content (AvgIpc) is 3.42. The zero-order valence-corrected chi connectivity index (χ0v) is 53.8. The maximum atomic E-state index is 12.9. The van der Waals surface area contributed by atoms with Crippen LogP contribution in [-0.2, 0) is 33.3 Å². The first kappa shape index (κ1) is 77.3. The molecule has 0 aromatic heterocycles. The monoisotopic (exact) mass is 1120 g/mol. The van der Waals surface area contributed by atoms with Gasteiger partial charge in [-0.1, -0.05) is 348 Å². The topological polar surface area (TPSA) is 108 Å². The van der Waals surface area contributed by atoms with Gasteiger partial charge in [0.25, 0.3) is 6.29 Å². The molecule has 0 saturated carbocycles. The molecular formula is C70H138NO8+. The summed E-state index contributed by atoms with van der Waals surface area (Å²) in [6, 6.07) is 0. The molecule has 9 nitrogen and oxygen atoms in total. The van der Waals surface area contributed by atoms with Gasteiger partial charge in [0.1, 0.15) is 13.2 Å². The van der Waals surface area contributed by atoms with Crippen molar-refractivity contribution in [3.8, 4) is 0 Å². The molecule has 0 rings (SSSR count). The molecule has 0 radical (unpaired) electrons. The van der Waals surface area contributed by atoms with Gasteiger partial charge in [-0.15, -0.1) is 0 Å². The number of rotatable bonds is 67. The van der Waals surface area contributed by atoms with E-state index >= 15 is 0 Å². The van der Waals surface area contributed by atoms with Crippen LogP contribution >= 0.6 is 0 Å². The quantitative estimate of drug-likeness (QED) is 0.0278. The molecule has 0 aromatic carbocycles. The van der Waals surface area contributed by atoms with Crippen LogP contribution in [0.4, 0.5) is 0 Å². The Kier molecular flexibility index (Phi) is 61.0. The van der Waals surface area contributed by atoms with E-state index in [4.69, 9.17) is 18.9 Å². The molecule has 0 aliphatic heterocycles. The number of quaternary nitrogens is 1. The fourth-order valence-electron chi connectivity index (χ4n) is 11.0. The first-order valence-electron chi connectivity index (χ1n) is 35.2. The predicted molar refractivity (Wildman–Crippen MR) is 337 cm³/mol. The zero-order chi connectivity index (χ0) is 57.6. The number of esters is 2. The fourth-order valence-corrected chi connectivity index (χ4v) is 11.0. The second kappa shape index (κ2) is 62.3. The number of carbonyl (C=O) groups is 3. The molecule has 0 bridgehead atoms. The van der Waals surface area contributed by atoms with Crippen molar-refractivity contribution in [3.05, 3.63) is 0 Å². The summed E-state index contributed by atoms with van der Waals surface area (Å²) in [7, 11) is 6.00. The summed E-state index contributed by atoms with van der Waals surface area (Å²) >= 11 is 0. The van der Waals surface area contributed by atoms with E-state index in [0.717, 1.165) is 38.5 Å². The second-order valence-electron chi connectivity index (χ2n) is 25.6. The number of hydrogen-bond acceptors (Lipinski definition) is 7. The number of likely N-dealkylation sites (N-methyl/N-ethyl adjacent to an activating group) is 1. The van der Waals surface area contributed by atoms with Gasteiger partial charge in [0.2, 0.25) is 0 Å². The largest absolute Gasteiger partial charge is 0.477 e. The van der Waals surface area contributed by atoms with Crippen LogP contribution in [-0.4, -0.2) is 87.4 Å². The molecule has 9 heteroatoms. The van der Waals surface area contributed by atoms with E-state index in [1.54, 1.807) is 0 Å². The van der Waals surface area contributed by atoms with Crippen molar-refractivity contribution in [2.45, 2.75) is 386 Å². The first-order chi connectivity index (χ1) is 38.6. The van der Waals surface area contributed by atoms with Crippen molar-refractivity contribution >= 4 is 17.9 Å². The average molecular weight is 1120 g/mol. The Morgan fingerprint density at radius 1 is 0.329 bits per heavy atom. The molecule has 0 heterocycles. The summed E-state index contributed by atoms with van der Waals surface area (Å²) < 4.78 is 23.0. The van der Waals surface area contributed by atoms with Crippen molar-refractivity contribution in [2.24, 2.45) is 0 Å². The van der Waals surface area contributed by atoms with Gasteiger partial charge in [-0.2, -0.15) is 0 Å². The Morgan fingerprint density at radius 2 is 0.570 bits per heavy atom. The van der Waals surface area contributed by atoms with Crippen molar-refractivity contribution < 1.29 is 42.9 Å². The molecule has 0 spiro atoms. The SMILES string of the molecule is CCCCCCCCCCCCCCCCCCCCCCCCCCCCCCCCCCC(=O)OC(COC(=O)CCCCCCCCCCCCCCCCCCCCCCCC)COC(OCC[N+](C)(C)C)C(=O)O. The number of aliphatic carboxylic acids is 1. The summed E-state index contributed by atoms with van der Waals surface area (Å²) in [5.74, 6) is -1.97. The third-order valence-electron chi connectivity index (χ3n) is 16.4. The van der Waals surface area contributed by atoms with Crippen LogP contribution in [0.3, 0.4) is 0 Å². The lowest BCUT2D eigenvalue weighted by atomic mass is 10.0. The van der Waals surface area contributed by atoms with E-state index in [1.807, 2.05) is 21.1 Å². The Morgan fingerprint density at radius 3 is 0.810 bits per heavy atom. The number of carboxylic acids is 1. The number of nitrogens with zero attached hydrogens (tertiary/aromatic N) is 1. The molecule has 0 saturated heterocycles. The number of carbonyl (C=O) groups excluding carboxylic acids is 2. The van der Waals surface area contributed by atoms with Gasteiger partial charge in [-0.25, -0.2) is 4.79 Å². The molecular weight excluding hydrogens is 983 g/mol. The number of ether oxygens (including phenoxy) is 4. The molecule has 0 aliphatic rings. The number of unbranched alkanes of at least 4 members (excludes halogenated alkanes) is 52. The third kappa shape index (κ3) is 63.7. The third-order valence-corrected chi connectivity index (χ3v) is 16.4. The number of carboxylic acid groups (broad SMARTS) is 1. The van der Waals surface area contributed by atoms with Crippen molar-refractivity contribution in [3.63, 3.8) is 0 Å². The van der Waals surface area contributed by atoms with Crippen molar-refractivity contribution in [2.75, 3.05) is 47.5 Å². The van der Waals surface area contributed by atoms with Crippen molar-refractivity contribution in [1.82, 2.24) is 0 Å². The zero-order valence-electron chi connectivity index (χ0n) is 53.8. The minimum atomic E-state index is -1.50. The van der Waals surface area contributed by atoms with Gasteiger partial charge in [-0.3, -0.25) is 9.59 Å². The smallest absolute Gasteiger partial charge is 0.361 e. The van der Waals surface area contributed by atoms with Crippen LogP contribution in [0.5, 0.6) is 0 Å². The van der Waals surface area contributed by atoms with Crippen LogP contribution in [0.25, 0.3) is 0 Å². The lowest BCUT2D eigenvalue weighted by molar-refractivity contribution is -0.870. The van der Waals surface area contributed by atoms with E-state index in [9.17, 15) is 19.5 Å². The normalized spacial score (nSPS) is 12.6. The van der Waals surface area contributed by atoms with Crippen LogP contribution < -0.4 is 0 Å². The first-order valence-corrected chi connectivity index (χ1v) is 35.2. The van der Waals surface area contributed by atoms with Gasteiger partial charge in [0, 0.05) is 12.8 Å². The van der Waals surface area contributed by atoms with Gasteiger partial charge >= 0.3 is 17.9 Å². The highest BCUT2D eigenvalue weighted by Crippen LogP contribution is 2.20. The molecule has 79 heavy (non-hydrogen) atoms. The molecule has 0 aromatic rings. The minimum Gasteiger partial charge on any atom is -0.477 e. The highest BCUT2D eigenvalue weighted by molar-refractivity contribution is 5.71. The highest BCUT2D eigenvalue weighted by Gasteiger charge is 2.25. The predicted octanol–water partition coefficient (Wildman–Crippen LogP) is 21.5. The molecule has 2 atom stereocenters. The van der Waals surface area contributed by atoms with Gasteiger partial charge < -0.3 is 28.5 Å². The Balaban J connectivity index is 4.02. The summed E-state index contributed by atoms with van der Waals surface area (Å²) in [5, 5.41) is 9.74. The second-order valence-corrected chi connectivity index (χ2v) is 25.6. The van der Waals surface area contributed by atoms with Crippen LogP contribution in [0.2, 0.25) is 0 Å². The molecule has 470 valence electrons. The maximum Gasteiger partial charge on any atom is 0.361 e. The van der Waals surface area contributed by atoms with Gasteiger partial charge in [0.05, 0.1) is 34.4 Å². The Labute approximate surface area is 492 Å². The molecule has 2 unspecified atom stereocenters. The fraction of sp³-hybridized carbons (Fsp3) is 0.957. The van der Waals surface area contributed by atoms with Crippen molar-refractivity contribution in [1.29, 1.82) is 0 Å². The molecule has 0 aliphatic carbocycles. The van der Waals surface area contributed by atoms with Gasteiger partial charge in [0.15, 0.2) is 6.10 Å². The summed E-state index contributed by atoms with van der Waals surface area (Å²) in [5.41, 5.74) is 0. The lowest BCUT2D eigenvalue weighted by Gasteiger charge is -2.25. The Hall–Kier alpha value is -1.71. The minimum absolute atomic E-state index is 0.172. The van der Waals surface area contributed by atoms with Crippen LogP contribution in [0.15, 0.2) is 0 Å². The molecule has 1 N–H and O–H groups in total. The number of hydrogen-bond donors (Lipinski definition) is 1. The standard InChI is InChI=1S/C70H137NO8/c1-6-8-10-12-14-16-18-20-22-24-26-28-30-31-32-33-34-35-36-37-38-39-41-43-45-47-49-51-53-55-57-59-61-68(73)79-66(65-78-70(69(74)75)76-63-62-71(3,4)5)64-77-67(72)60-58-56-54-52-50-48-46-44-42-40-29-27-25-23-21-19-17-15-13-11-9-7-2/h66,70H,6-65H2,1-5H3/p+1. The molecule has 0 fully saturated rings. The van der Waals surface area contributed by atoms with E-state index in [2.05, 4.69) is 13.8 Å². The highest BCUT2D eigenvalue weighted by atomic mass is 16.7. The summed E-state index contributed by atoms with van der Waals surface area (Å²) in [6.07, 6.45) is 70.8. The Bertz CT molecular complexity index is 1260.